The number of benzene rings is 3. The normalized spacial score (nSPS) is 20.5. The molecule has 1 fully saturated rings. The number of carbonyl (C=O) groups is 1. The van der Waals surface area contributed by atoms with Crippen LogP contribution >= 0.6 is 0 Å². The van der Waals surface area contributed by atoms with Gasteiger partial charge in [-0.1, -0.05) is 54.6 Å². The first-order valence-corrected chi connectivity index (χ1v) is 10.3. The molecule has 0 bridgehead atoms. The zero-order chi connectivity index (χ0) is 20.9. The SMILES string of the molecule is Cc1cc2c(cc1NC(=O)Cc1ccc(-c3ccccc3)cc1)C1OC1C(C)(C)O2. The van der Waals surface area contributed by atoms with Crippen LogP contribution in [0.5, 0.6) is 5.75 Å². The van der Waals surface area contributed by atoms with Crippen molar-refractivity contribution in [1.82, 2.24) is 0 Å². The average Bonchev–Trinajstić information content (AvgIpc) is 3.53. The van der Waals surface area contributed by atoms with Gasteiger partial charge >= 0.3 is 0 Å². The van der Waals surface area contributed by atoms with Gasteiger partial charge in [0.15, 0.2) is 0 Å². The first kappa shape index (κ1) is 18.9. The lowest BCUT2D eigenvalue weighted by Gasteiger charge is -2.30. The Hall–Kier alpha value is -3.11. The Morgan fingerprint density at radius 1 is 1.00 bits per heavy atom. The predicted molar refractivity (Wildman–Crippen MR) is 118 cm³/mol. The van der Waals surface area contributed by atoms with E-state index in [9.17, 15) is 4.79 Å². The maximum atomic E-state index is 12.7. The van der Waals surface area contributed by atoms with Gasteiger partial charge in [0.2, 0.25) is 5.91 Å². The van der Waals surface area contributed by atoms with Gasteiger partial charge in [0.1, 0.15) is 23.6 Å². The fourth-order valence-corrected chi connectivity index (χ4v) is 4.19. The molecule has 0 spiro atoms. The van der Waals surface area contributed by atoms with Crippen LogP contribution in [0.15, 0.2) is 66.7 Å². The molecule has 2 heterocycles. The summed E-state index contributed by atoms with van der Waals surface area (Å²) < 4.78 is 11.9. The van der Waals surface area contributed by atoms with E-state index in [2.05, 4.69) is 43.4 Å². The molecule has 0 saturated carbocycles. The number of hydrogen-bond donors (Lipinski definition) is 1. The van der Waals surface area contributed by atoms with Crippen molar-refractivity contribution in [2.24, 2.45) is 0 Å². The number of carbonyl (C=O) groups excluding carboxylic acids is 1. The van der Waals surface area contributed by atoms with E-state index in [1.54, 1.807) is 0 Å². The molecule has 30 heavy (non-hydrogen) atoms. The summed E-state index contributed by atoms with van der Waals surface area (Å²) in [7, 11) is 0. The van der Waals surface area contributed by atoms with Crippen LogP contribution in [0.3, 0.4) is 0 Å². The maximum absolute atomic E-state index is 12.7. The Labute approximate surface area is 176 Å². The molecule has 4 heteroatoms. The van der Waals surface area contributed by atoms with Crippen molar-refractivity contribution in [2.75, 3.05) is 5.32 Å². The lowest BCUT2D eigenvalue weighted by atomic mass is 9.93. The van der Waals surface area contributed by atoms with E-state index in [4.69, 9.17) is 9.47 Å². The van der Waals surface area contributed by atoms with Crippen molar-refractivity contribution in [2.45, 2.75) is 45.0 Å². The number of anilines is 1. The number of amides is 1. The van der Waals surface area contributed by atoms with Gasteiger partial charge in [0.05, 0.1) is 6.42 Å². The number of fused-ring (bicyclic) bond motifs is 3. The molecule has 2 unspecified atom stereocenters. The third-order valence-electron chi connectivity index (χ3n) is 5.91. The summed E-state index contributed by atoms with van der Waals surface area (Å²) in [5.41, 5.74) is 5.80. The van der Waals surface area contributed by atoms with E-state index in [0.717, 1.165) is 33.7 Å². The molecule has 3 aromatic carbocycles. The van der Waals surface area contributed by atoms with Crippen molar-refractivity contribution in [3.8, 4) is 16.9 Å². The van der Waals surface area contributed by atoms with Gasteiger partial charge in [-0.05, 0) is 55.2 Å². The monoisotopic (exact) mass is 399 g/mol. The molecule has 3 aromatic rings. The van der Waals surface area contributed by atoms with E-state index in [1.807, 2.05) is 49.4 Å². The van der Waals surface area contributed by atoms with Crippen LogP contribution in [0.1, 0.15) is 36.6 Å². The van der Waals surface area contributed by atoms with Gasteiger partial charge < -0.3 is 14.8 Å². The van der Waals surface area contributed by atoms with Gasteiger partial charge in [-0.2, -0.15) is 0 Å². The summed E-state index contributed by atoms with van der Waals surface area (Å²) in [6.07, 6.45) is 0.474. The van der Waals surface area contributed by atoms with Crippen LogP contribution in [0.25, 0.3) is 11.1 Å². The molecule has 2 aliphatic rings. The number of epoxide rings is 1. The predicted octanol–water partition coefficient (Wildman–Crippen LogP) is 5.45. The molecule has 1 saturated heterocycles. The van der Waals surface area contributed by atoms with E-state index in [-0.39, 0.29) is 23.7 Å². The summed E-state index contributed by atoms with van der Waals surface area (Å²) in [6.45, 7) is 6.09. The van der Waals surface area contributed by atoms with E-state index >= 15 is 0 Å². The zero-order valence-electron chi connectivity index (χ0n) is 17.4. The summed E-state index contributed by atoms with van der Waals surface area (Å²) in [5, 5.41) is 3.06. The lowest BCUT2D eigenvalue weighted by molar-refractivity contribution is -0.115. The second-order valence-electron chi connectivity index (χ2n) is 8.68. The minimum absolute atomic E-state index is 0.0316. The zero-order valence-corrected chi connectivity index (χ0v) is 17.4. The van der Waals surface area contributed by atoms with Crippen LogP contribution in [0.4, 0.5) is 5.69 Å². The Kier molecular flexibility index (Phi) is 4.40. The Morgan fingerprint density at radius 3 is 2.43 bits per heavy atom. The quantitative estimate of drug-likeness (QED) is 0.593. The fourth-order valence-electron chi connectivity index (χ4n) is 4.19. The van der Waals surface area contributed by atoms with Gasteiger partial charge in [-0.15, -0.1) is 0 Å². The van der Waals surface area contributed by atoms with E-state index in [0.29, 0.717) is 6.42 Å². The van der Waals surface area contributed by atoms with E-state index < -0.39 is 0 Å². The topological polar surface area (TPSA) is 50.9 Å². The van der Waals surface area contributed by atoms with Crippen LogP contribution in [0.2, 0.25) is 0 Å². The third kappa shape index (κ3) is 3.48. The first-order valence-electron chi connectivity index (χ1n) is 10.3. The fraction of sp³-hybridized carbons (Fsp3) is 0.269. The van der Waals surface area contributed by atoms with Crippen LogP contribution in [-0.4, -0.2) is 17.6 Å². The molecule has 1 amide bonds. The summed E-state index contributed by atoms with van der Waals surface area (Å²) in [5.74, 6) is 0.821. The third-order valence-corrected chi connectivity index (χ3v) is 5.91. The molecule has 152 valence electrons. The van der Waals surface area contributed by atoms with Crippen LogP contribution < -0.4 is 10.1 Å². The number of aryl methyl sites for hydroxylation is 1. The molecular weight excluding hydrogens is 374 g/mol. The highest BCUT2D eigenvalue weighted by Gasteiger charge is 2.56. The molecule has 2 aliphatic heterocycles. The standard InChI is InChI=1S/C26H25NO3/c1-16-13-22-20(24-25(29-24)26(2,3)30-22)15-21(16)27-23(28)14-17-9-11-19(12-10-17)18-7-5-4-6-8-18/h4-13,15,24-25H,14H2,1-3H3,(H,27,28). The van der Waals surface area contributed by atoms with Crippen LogP contribution in [-0.2, 0) is 16.0 Å². The Balaban J connectivity index is 1.29. The molecule has 1 N–H and O–H groups in total. The minimum atomic E-state index is -0.319. The molecule has 0 aromatic heterocycles. The summed E-state index contributed by atoms with van der Waals surface area (Å²) in [6, 6.07) is 22.4. The Morgan fingerprint density at radius 2 is 1.70 bits per heavy atom. The highest BCUT2D eigenvalue weighted by Crippen LogP contribution is 2.54. The summed E-state index contributed by atoms with van der Waals surface area (Å²) in [4.78, 5) is 12.7. The van der Waals surface area contributed by atoms with Crippen molar-refractivity contribution >= 4 is 11.6 Å². The largest absolute Gasteiger partial charge is 0.485 e. The molecule has 0 aliphatic carbocycles. The van der Waals surface area contributed by atoms with Gasteiger partial charge in [-0.25, -0.2) is 0 Å². The average molecular weight is 399 g/mol. The van der Waals surface area contributed by atoms with Crippen LogP contribution in [0, 0.1) is 6.92 Å². The highest BCUT2D eigenvalue weighted by atomic mass is 16.6. The molecule has 2 atom stereocenters. The Bertz CT molecular complexity index is 1100. The minimum Gasteiger partial charge on any atom is -0.485 e. The number of hydrogen-bond acceptors (Lipinski definition) is 3. The number of ether oxygens (including phenoxy) is 2. The summed E-state index contributed by atoms with van der Waals surface area (Å²) >= 11 is 0. The first-order chi connectivity index (χ1) is 14.4. The van der Waals surface area contributed by atoms with Crippen molar-refractivity contribution in [3.63, 3.8) is 0 Å². The molecule has 0 radical (unpaired) electrons. The molecule has 4 nitrogen and oxygen atoms in total. The lowest BCUT2D eigenvalue weighted by Crippen LogP contribution is -2.37. The van der Waals surface area contributed by atoms with Gasteiger partial charge in [-0.3, -0.25) is 4.79 Å². The van der Waals surface area contributed by atoms with Gasteiger partial charge in [0.25, 0.3) is 0 Å². The van der Waals surface area contributed by atoms with Crippen molar-refractivity contribution in [1.29, 1.82) is 0 Å². The molecule has 5 rings (SSSR count). The number of rotatable bonds is 4. The second-order valence-corrected chi connectivity index (χ2v) is 8.68. The van der Waals surface area contributed by atoms with Crippen molar-refractivity contribution in [3.05, 3.63) is 83.4 Å². The number of nitrogens with one attached hydrogen (secondary N) is 1. The maximum Gasteiger partial charge on any atom is 0.228 e. The highest BCUT2D eigenvalue weighted by molar-refractivity contribution is 5.93. The van der Waals surface area contributed by atoms with Crippen molar-refractivity contribution < 1.29 is 14.3 Å². The van der Waals surface area contributed by atoms with E-state index in [1.165, 1.54) is 5.56 Å². The second kappa shape index (κ2) is 6.99. The molecular formula is C26H25NO3. The van der Waals surface area contributed by atoms with Gasteiger partial charge in [0, 0.05) is 11.3 Å². The smallest absolute Gasteiger partial charge is 0.228 e.